The Kier molecular flexibility index (Phi) is 5.39. The standard InChI is InChI=1S/C15H27NO2/c1-11(15(2,3)4)9-14(18)16-13-7-5-12(10-17)6-8-13/h9,12-13,17H,5-8,10H2,1-4H3,(H,16,18). The van der Waals surface area contributed by atoms with Crippen molar-refractivity contribution < 1.29 is 9.90 Å². The van der Waals surface area contributed by atoms with Gasteiger partial charge in [0, 0.05) is 18.7 Å². The molecule has 1 rings (SSSR count). The van der Waals surface area contributed by atoms with Crippen molar-refractivity contribution in [1.29, 1.82) is 0 Å². The zero-order valence-electron chi connectivity index (χ0n) is 12.1. The summed E-state index contributed by atoms with van der Waals surface area (Å²) in [6, 6.07) is 0.282. The molecule has 0 spiro atoms. The highest BCUT2D eigenvalue weighted by Crippen LogP contribution is 2.25. The van der Waals surface area contributed by atoms with Crippen LogP contribution in [0.4, 0.5) is 0 Å². The summed E-state index contributed by atoms with van der Waals surface area (Å²) in [7, 11) is 0. The molecule has 1 saturated carbocycles. The second-order valence-corrected chi connectivity index (χ2v) is 6.49. The highest BCUT2D eigenvalue weighted by atomic mass is 16.3. The maximum Gasteiger partial charge on any atom is 0.244 e. The van der Waals surface area contributed by atoms with E-state index in [0.29, 0.717) is 5.92 Å². The molecule has 1 fully saturated rings. The number of hydrogen-bond acceptors (Lipinski definition) is 2. The molecule has 1 aliphatic carbocycles. The molecular weight excluding hydrogens is 226 g/mol. The number of carbonyl (C=O) groups is 1. The molecule has 104 valence electrons. The Morgan fingerprint density at radius 1 is 1.28 bits per heavy atom. The Hall–Kier alpha value is -0.830. The van der Waals surface area contributed by atoms with Crippen LogP contribution in [0.25, 0.3) is 0 Å². The van der Waals surface area contributed by atoms with Crippen LogP contribution < -0.4 is 5.32 Å². The average Bonchev–Trinajstić information content (AvgIpc) is 2.28. The highest BCUT2D eigenvalue weighted by Gasteiger charge is 2.21. The minimum Gasteiger partial charge on any atom is -0.396 e. The Morgan fingerprint density at radius 2 is 1.83 bits per heavy atom. The molecule has 1 aliphatic rings. The number of hydrogen-bond donors (Lipinski definition) is 2. The summed E-state index contributed by atoms with van der Waals surface area (Å²) in [5, 5.41) is 12.1. The van der Waals surface area contributed by atoms with Crippen molar-refractivity contribution in [2.45, 2.75) is 59.4 Å². The number of carbonyl (C=O) groups excluding carboxylic acids is 1. The van der Waals surface area contributed by atoms with Crippen molar-refractivity contribution in [3.63, 3.8) is 0 Å². The van der Waals surface area contributed by atoms with Crippen molar-refractivity contribution in [3.8, 4) is 0 Å². The highest BCUT2D eigenvalue weighted by molar-refractivity contribution is 5.88. The van der Waals surface area contributed by atoms with Gasteiger partial charge in [-0.15, -0.1) is 0 Å². The van der Waals surface area contributed by atoms with E-state index in [1.54, 1.807) is 6.08 Å². The summed E-state index contributed by atoms with van der Waals surface area (Å²) in [5.74, 6) is 0.458. The summed E-state index contributed by atoms with van der Waals surface area (Å²) in [4.78, 5) is 11.9. The molecule has 18 heavy (non-hydrogen) atoms. The molecule has 0 aromatic heterocycles. The quantitative estimate of drug-likeness (QED) is 0.760. The minimum absolute atomic E-state index is 0.0230. The number of aliphatic hydroxyl groups excluding tert-OH is 1. The summed E-state index contributed by atoms with van der Waals surface area (Å²) in [6.45, 7) is 8.61. The zero-order chi connectivity index (χ0) is 13.8. The number of allylic oxidation sites excluding steroid dienone is 1. The lowest BCUT2D eigenvalue weighted by Crippen LogP contribution is -2.37. The molecule has 0 heterocycles. The topological polar surface area (TPSA) is 49.3 Å². The normalized spacial score (nSPS) is 25.9. The molecule has 3 heteroatoms. The molecule has 3 nitrogen and oxygen atoms in total. The molecule has 0 atom stereocenters. The second kappa shape index (κ2) is 6.37. The molecule has 0 aromatic rings. The largest absolute Gasteiger partial charge is 0.396 e. The summed E-state index contributed by atoms with van der Waals surface area (Å²) < 4.78 is 0. The van der Waals surface area contributed by atoms with Crippen molar-refractivity contribution >= 4 is 5.91 Å². The first-order valence-corrected chi connectivity index (χ1v) is 6.93. The van der Waals surface area contributed by atoms with Crippen LogP contribution >= 0.6 is 0 Å². The number of amides is 1. The third kappa shape index (κ3) is 4.81. The molecule has 0 aromatic carbocycles. The molecule has 1 amide bonds. The van der Waals surface area contributed by atoms with Crippen molar-refractivity contribution in [3.05, 3.63) is 11.6 Å². The van der Waals surface area contributed by atoms with Crippen LogP contribution in [0, 0.1) is 11.3 Å². The lowest BCUT2D eigenvalue weighted by molar-refractivity contribution is -0.117. The Labute approximate surface area is 111 Å². The predicted octanol–water partition coefficient (Wildman–Crippen LogP) is 2.65. The van der Waals surface area contributed by atoms with Gasteiger partial charge in [0.25, 0.3) is 0 Å². The van der Waals surface area contributed by atoms with Crippen molar-refractivity contribution in [1.82, 2.24) is 5.32 Å². The van der Waals surface area contributed by atoms with Gasteiger partial charge in [-0.1, -0.05) is 26.3 Å². The molecule has 0 bridgehead atoms. The monoisotopic (exact) mass is 253 g/mol. The molecule has 2 N–H and O–H groups in total. The summed E-state index contributed by atoms with van der Waals surface area (Å²) in [6.07, 6.45) is 5.73. The van der Waals surface area contributed by atoms with Gasteiger partial charge in [0.2, 0.25) is 5.91 Å². The fraction of sp³-hybridized carbons (Fsp3) is 0.800. The van der Waals surface area contributed by atoms with E-state index < -0.39 is 0 Å². The smallest absolute Gasteiger partial charge is 0.244 e. The van der Waals surface area contributed by atoms with Crippen LogP contribution in [-0.4, -0.2) is 23.7 Å². The van der Waals surface area contributed by atoms with E-state index in [1.165, 1.54) is 0 Å². The Morgan fingerprint density at radius 3 is 2.28 bits per heavy atom. The SMILES string of the molecule is CC(=CC(=O)NC1CCC(CO)CC1)C(C)(C)C. The van der Waals surface area contributed by atoms with Crippen LogP contribution in [0.3, 0.4) is 0 Å². The van der Waals surface area contributed by atoms with Crippen molar-refractivity contribution in [2.24, 2.45) is 11.3 Å². The third-order valence-corrected chi connectivity index (χ3v) is 3.98. The van der Waals surface area contributed by atoms with Crippen LogP contribution in [-0.2, 0) is 4.79 Å². The van der Waals surface area contributed by atoms with Crippen LogP contribution in [0.15, 0.2) is 11.6 Å². The minimum atomic E-state index is 0.0230. The lowest BCUT2D eigenvalue weighted by atomic mass is 9.86. The maximum absolute atomic E-state index is 11.9. The molecular formula is C15H27NO2. The summed E-state index contributed by atoms with van der Waals surface area (Å²) >= 11 is 0. The second-order valence-electron chi connectivity index (χ2n) is 6.49. The third-order valence-electron chi connectivity index (χ3n) is 3.98. The van der Waals surface area contributed by atoms with Gasteiger partial charge >= 0.3 is 0 Å². The van der Waals surface area contributed by atoms with E-state index in [2.05, 4.69) is 26.1 Å². The van der Waals surface area contributed by atoms with Crippen LogP contribution in [0.5, 0.6) is 0 Å². The van der Waals surface area contributed by atoms with Gasteiger partial charge in [0.1, 0.15) is 0 Å². The van der Waals surface area contributed by atoms with Gasteiger partial charge in [-0.3, -0.25) is 4.79 Å². The van der Waals surface area contributed by atoms with Crippen molar-refractivity contribution in [2.75, 3.05) is 6.61 Å². The van der Waals surface area contributed by atoms with E-state index in [1.807, 2.05) is 6.92 Å². The average molecular weight is 253 g/mol. The van der Waals surface area contributed by atoms with Gasteiger partial charge in [0.05, 0.1) is 0 Å². The van der Waals surface area contributed by atoms with Gasteiger partial charge in [-0.2, -0.15) is 0 Å². The first kappa shape index (κ1) is 15.2. The van der Waals surface area contributed by atoms with Gasteiger partial charge in [-0.05, 0) is 43.9 Å². The maximum atomic E-state index is 11.9. The Bertz CT molecular complexity index is 307. The van der Waals surface area contributed by atoms with Gasteiger partial charge in [-0.25, -0.2) is 0 Å². The van der Waals surface area contributed by atoms with E-state index in [0.717, 1.165) is 31.3 Å². The fourth-order valence-electron chi connectivity index (χ4n) is 2.15. The summed E-state index contributed by atoms with van der Waals surface area (Å²) in [5.41, 5.74) is 1.15. The van der Waals surface area contributed by atoms with E-state index in [4.69, 9.17) is 5.11 Å². The van der Waals surface area contributed by atoms with Crippen LogP contribution in [0.2, 0.25) is 0 Å². The van der Waals surface area contributed by atoms with E-state index >= 15 is 0 Å². The first-order valence-electron chi connectivity index (χ1n) is 6.93. The zero-order valence-corrected chi connectivity index (χ0v) is 12.1. The lowest BCUT2D eigenvalue weighted by Gasteiger charge is -2.28. The molecule has 0 saturated heterocycles. The van der Waals surface area contributed by atoms with Gasteiger partial charge < -0.3 is 10.4 Å². The fourth-order valence-corrected chi connectivity index (χ4v) is 2.15. The van der Waals surface area contributed by atoms with E-state index in [-0.39, 0.29) is 24.0 Å². The van der Waals surface area contributed by atoms with E-state index in [9.17, 15) is 4.79 Å². The van der Waals surface area contributed by atoms with Gasteiger partial charge in [0.15, 0.2) is 0 Å². The number of aliphatic hydroxyl groups is 1. The van der Waals surface area contributed by atoms with Crippen LogP contribution in [0.1, 0.15) is 53.4 Å². The molecule has 0 aliphatic heterocycles. The molecule has 0 radical (unpaired) electrons. The first-order chi connectivity index (χ1) is 8.32. The number of nitrogens with one attached hydrogen (secondary N) is 1. The number of rotatable bonds is 3. The predicted molar refractivity (Wildman–Crippen MR) is 74.2 cm³/mol. The molecule has 0 unspecified atom stereocenters. The Balaban J connectivity index is 2.42.